The van der Waals surface area contributed by atoms with Crippen molar-refractivity contribution in [1.29, 1.82) is 0 Å². The maximum absolute atomic E-state index is 12.5. The Morgan fingerprint density at radius 1 is 1.10 bits per heavy atom. The summed E-state index contributed by atoms with van der Waals surface area (Å²) in [5, 5.41) is 12.7. The van der Waals surface area contributed by atoms with Crippen molar-refractivity contribution in [3.05, 3.63) is 64.1 Å². The molecule has 9 heteroatoms. The Kier molecular flexibility index (Phi) is 8.78. The van der Waals surface area contributed by atoms with E-state index < -0.39 is 0 Å². The van der Waals surface area contributed by atoms with Gasteiger partial charge in [0.2, 0.25) is 11.8 Å². The first-order valence-electron chi connectivity index (χ1n) is 9.99. The predicted octanol–water partition coefficient (Wildman–Crippen LogP) is 5.33. The zero-order valence-electron chi connectivity index (χ0n) is 17.3. The van der Waals surface area contributed by atoms with E-state index in [0.29, 0.717) is 27.7 Å². The third-order valence-electron chi connectivity index (χ3n) is 4.83. The highest BCUT2D eigenvalue weighted by Gasteiger charge is 2.21. The maximum atomic E-state index is 12.5. The number of nitrogens with zero attached hydrogens (tertiary/aromatic N) is 3. The summed E-state index contributed by atoms with van der Waals surface area (Å²) in [6, 6.07) is 14.9. The van der Waals surface area contributed by atoms with Crippen molar-refractivity contribution >= 4 is 40.9 Å². The molecule has 0 aliphatic carbocycles. The fourth-order valence-corrected chi connectivity index (χ4v) is 4.19. The van der Waals surface area contributed by atoms with E-state index in [0.717, 1.165) is 24.2 Å². The van der Waals surface area contributed by atoms with Crippen LogP contribution in [0, 0.1) is 0 Å². The van der Waals surface area contributed by atoms with Gasteiger partial charge in [0.05, 0.1) is 11.8 Å². The van der Waals surface area contributed by atoms with E-state index in [-0.39, 0.29) is 17.7 Å². The molecule has 1 heterocycles. The van der Waals surface area contributed by atoms with Crippen molar-refractivity contribution in [2.75, 3.05) is 25.4 Å². The summed E-state index contributed by atoms with van der Waals surface area (Å²) < 4.78 is 5.64. The van der Waals surface area contributed by atoms with Crippen molar-refractivity contribution in [1.82, 2.24) is 20.4 Å². The number of benzene rings is 2. The lowest BCUT2D eigenvalue weighted by Gasteiger charge is -2.30. The zero-order valence-corrected chi connectivity index (χ0v) is 19.7. The lowest BCUT2D eigenvalue weighted by atomic mass is 10.0. The van der Waals surface area contributed by atoms with E-state index in [1.165, 1.54) is 11.8 Å². The van der Waals surface area contributed by atoms with Crippen molar-refractivity contribution in [3.63, 3.8) is 0 Å². The molecule has 0 radical (unpaired) electrons. The Labute approximate surface area is 196 Å². The minimum absolute atomic E-state index is 0.00226. The molecule has 0 aliphatic rings. The van der Waals surface area contributed by atoms with E-state index in [2.05, 4.69) is 34.3 Å². The average Bonchev–Trinajstić information content (AvgIpc) is 3.25. The minimum Gasteiger partial charge on any atom is -0.411 e. The lowest BCUT2D eigenvalue weighted by molar-refractivity contribution is -0.118. The van der Waals surface area contributed by atoms with Gasteiger partial charge < -0.3 is 9.73 Å². The number of halogens is 2. The molecule has 0 aliphatic heterocycles. The van der Waals surface area contributed by atoms with Crippen molar-refractivity contribution in [2.24, 2.45) is 0 Å². The quantitative estimate of drug-likeness (QED) is 0.396. The largest absolute Gasteiger partial charge is 0.411 e. The zero-order chi connectivity index (χ0) is 22.2. The van der Waals surface area contributed by atoms with Crippen LogP contribution in [0.2, 0.25) is 10.0 Å². The third kappa shape index (κ3) is 6.46. The molecule has 0 saturated heterocycles. The molecule has 164 valence electrons. The van der Waals surface area contributed by atoms with Gasteiger partial charge in [-0.05, 0) is 49.0 Å². The van der Waals surface area contributed by atoms with Gasteiger partial charge in [-0.1, -0.05) is 67.0 Å². The van der Waals surface area contributed by atoms with Crippen molar-refractivity contribution in [2.45, 2.75) is 25.1 Å². The SMILES string of the molecule is CCN(CC)C(CNC(=O)CSc1nnc(-c2ccc(Cl)cc2)o1)c1ccccc1Cl. The Balaban J connectivity index is 1.57. The average molecular weight is 479 g/mol. The van der Waals surface area contributed by atoms with E-state index in [1.54, 1.807) is 24.3 Å². The number of aromatic nitrogens is 2. The molecule has 1 atom stereocenters. The standard InChI is InChI=1S/C22H24Cl2N4O2S/c1-3-28(4-2)19(17-7-5-6-8-18(17)24)13-25-20(29)14-31-22-27-26-21(30-22)15-9-11-16(23)12-10-15/h5-12,19H,3-4,13-14H2,1-2H3,(H,25,29). The molecule has 31 heavy (non-hydrogen) atoms. The highest BCUT2D eigenvalue weighted by atomic mass is 35.5. The Bertz CT molecular complexity index is 993. The van der Waals surface area contributed by atoms with Crippen LogP contribution in [0.25, 0.3) is 11.5 Å². The van der Waals surface area contributed by atoms with Gasteiger partial charge in [0.15, 0.2) is 0 Å². The molecule has 1 aromatic heterocycles. The summed E-state index contributed by atoms with van der Waals surface area (Å²) >= 11 is 13.5. The lowest BCUT2D eigenvalue weighted by Crippen LogP contribution is -2.38. The van der Waals surface area contributed by atoms with Gasteiger partial charge in [0, 0.05) is 22.2 Å². The van der Waals surface area contributed by atoms with Gasteiger partial charge in [0.1, 0.15) is 0 Å². The molecule has 1 N–H and O–H groups in total. The van der Waals surface area contributed by atoms with Crippen LogP contribution in [0.15, 0.2) is 58.2 Å². The van der Waals surface area contributed by atoms with E-state index in [9.17, 15) is 4.79 Å². The molecule has 2 aromatic carbocycles. The molecule has 0 fully saturated rings. The second-order valence-electron chi connectivity index (χ2n) is 6.73. The molecular formula is C22H24Cl2N4O2S. The fourth-order valence-electron chi connectivity index (χ4n) is 3.21. The number of likely N-dealkylation sites (N-methyl/N-ethyl adjacent to an activating group) is 1. The molecule has 0 spiro atoms. The molecule has 6 nitrogen and oxygen atoms in total. The number of carbonyl (C=O) groups is 1. The molecule has 0 bridgehead atoms. The summed E-state index contributed by atoms with van der Waals surface area (Å²) in [7, 11) is 0. The van der Waals surface area contributed by atoms with Gasteiger partial charge in [-0.2, -0.15) is 0 Å². The van der Waals surface area contributed by atoms with Crippen molar-refractivity contribution in [3.8, 4) is 11.5 Å². The highest BCUT2D eigenvalue weighted by molar-refractivity contribution is 7.99. The number of thioether (sulfide) groups is 1. The second-order valence-corrected chi connectivity index (χ2v) is 8.50. The van der Waals surface area contributed by atoms with E-state index >= 15 is 0 Å². The number of rotatable bonds is 10. The normalized spacial score (nSPS) is 12.2. The molecule has 0 saturated carbocycles. The predicted molar refractivity (Wildman–Crippen MR) is 126 cm³/mol. The Morgan fingerprint density at radius 3 is 2.48 bits per heavy atom. The smallest absolute Gasteiger partial charge is 0.277 e. The fraction of sp³-hybridized carbons (Fsp3) is 0.318. The third-order valence-corrected chi connectivity index (χ3v) is 6.25. The highest BCUT2D eigenvalue weighted by Crippen LogP contribution is 2.27. The van der Waals surface area contributed by atoms with E-state index in [1.807, 2.05) is 24.3 Å². The molecule has 3 rings (SSSR count). The van der Waals surface area contributed by atoms with Crippen LogP contribution in [-0.2, 0) is 4.79 Å². The number of hydrogen-bond acceptors (Lipinski definition) is 6. The van der Waals surface area contributed by atoms with Crippen molar-refractivity contribution < 1.29 is 9.21 Å². The molecule has 3 aromatic rings. The van der Waals surface area contributed by atoms with Crippen LogP contribution in [0.4, 0.5) is 0 Å². The number of hydrogen-bond donors (Lipinski definition) is 1. The first-order valence-corrected chi connectivity index (χ1v) is 11.7. The van der Waals surface area contributed by atoms with Gasteiger partial charge in [-0.25, -0.2) is 0 Å². The van der Waals surface area contributed by atoms with Crippen LogP contribution in [0.3, 0.4) is 0 Å². The van der Waals surface area contributed by atoms with Gasteiger partial charge >= 0.3 is 0 Å². The Morgan fingerprint density at radius 2 is 1.81 bits per heavy atom. The number of nitrogens with one attached hydrogen (secondary N) is 1. The number of amides is 1. The van der Waals surface area contributed by atoms with Crippen LogP contribution in [-0.4, -0.2) is 46.4 Å². The Hall–Kier alpha value is -2.06. The topological polar surface area (TPSA) is 71.3 Å². The minimum atomic E-state index is -0.111. The van der Waals surface area contributed by atoms with Gasteiger partial charge in [0.25, 0.3) is 5.22 Å². The second kappa shape index (κ2) is 11.5. The number of carbonyl (C=O) groups excluding carboxylic acids is 1. The molecule has 1 unspecified atom stereocenters. The van der Waals surface area contributed by atoms with Crippen LogP contribution >= 0.6 is 35.0 Å². The summed E-state index contributed by atoms with van der Waals surface area (Å²) in [5.74, 6) is 0.454. The van der Waals surface area contributed by atoms with Crippen LogP contribution in [0.5, 0.6) is 0 Å². The molecular weight excluding hydrogens is 455 g/mol. The summed E-state index contributed by atoms with van der Waals surface area (Å²) in [4.78, 5) is 14.7. The first kappa shape index (κ1) is 23.6. The first-order chi connectivity index (χ1) is 15.0. The summed E-state index contributed by atoms with van der Waals surface area (Å²) in [5.41, 5.74) is 1.78. The monoisotopic (exact) mass is 478 g/mol. The van der Waals surface area contributed by atoms with Gasteiger partial charge in [-0.3, -0.25) is 9.69 Å². The van der Waals surface area contributed by atoms with Crippen LogP contribution in [0.1, 0.15) is 25.5 Å². The maximum Gasteiger partial charge on any atom is 0.277 e. The van der Waals surface area contributed by atoms with E-state index in [4.69, 9.17) is 27.6 Å². The molecule has 1 amide bonds. The summed E-state index contributed by atoms with van der Waals surface area (Å²) in [6.07, 6.45) is 0. The summed E-state index contributed by atoms with van der Waals surface area (Å²) in [6.45, 7) is 6.36. The van der Waals surface area contributed by atoms with Gasteiger partial charge in [-0.15, -0.1) is 10.2 Å². The van der Waals surface area contributed by atoms with Crippen LogP contribution < -0.4 is 5.32 Å².